The molecule has 0 aliphatic heterocycles. The molecule has 0 amide bonds. The van der Waals surface area contributed by atoms with E-state index in [0.29, 0.717) is 28.0 Å². The van der Waals surface area contributed by atoms with Gasteiger partial charge >= 0.3 is 0 Å². The van der Waals surface area contributed by atoms with Gasteiger partial charge in [0.1, 0.15) is 0 Å². The third kappa shape index (κ3) is 1.56. The molecule has 0 atom stereocenters. The molecule has 0 aliphatic rings. The zero-order chi connectivity index (χ0) is 10.1. The maximum Gasteiger partial charge on any atom is 0.259 e. The van der Waals surface area contributed by atoms with Crippen LogP contribution in [0, 0.1) is 6.92 Å². The SMILES string of the molecule is Cc1noc(-c2cc(N)ccc2Cl)n1. The van der Waals surface area contributed by atoms with Gasteiger partial charge in [-0.05, 0) is 25.1 Å². The number of hydrogen-bond donors (Lipinski definition) is 1. The third-order valence-electron chi connectivity index (χ3n) is 1.75. The highest BCUT2D eigenvalue weighted by Crippen LogP contribution is 2.28. The Labute approximate surface area is 85.7 Å². The van der Waals surface area contributed by atoms with Gasteiger partial charge in [-0.3, -0.25) is 0 Å². The normalized spacial score (nSPS) is 10.4. The predicted molar refractivity (Wildman–Crippen MR) is 53.9 cm³/mol. The molecule has 0 aliphatic carbocycles. The second-order valence-corrected chi connectivity index (χ2v) is 3.29. The van der Waals surface area contributed by atoms with E-state index in [4.69, 9.17) is 21.9 Å². The van der Waals surface area contributed by atoms with Crippen molar-refractivity contribution < 1.29 is 4.52 Å². The minimum absolute atomic E-state index is 0.389. The van der Waals surface area contributed by atoms with Crippen molar-refractivity contribution in [1.29, 1.82) is 0 Å². The van der Waals surface area contributed by atoms with E-state index in [9.17, 15) is 0 Å². The number of aromatic nitrogens is 2. The van der Waals surface area contributed by atoms with Gasteiger partial charge in [-0.2, -0.15) is 4.98 Å². The molecule has 14 heavy (non-hydrogen) atoms. The Kier molecular flexibility index (Phi) is 2.13. The van der Waals surface area contributed by atoms with Gasteiger partial charge < -0.3 is 10.3 Å². The average molecular weight is 210 g/mol. The molecule has 2 N–H and O–H groups in total. The number of anilines is 1. The van der Waals surface area contributed by atoms with E-state index in [1.807, 2.05) is 0 Å². The second kappa shape index (κ2) is 3.31. The number of nitrogen functional groups attached to an aromatic ring is 1. The van der Waals surface area contributed by atoms with Crippen molar-refractivity contribution in [3.05, 3.63) is 29.0 Å². The highest BCUT2D eigenvalue weighted by Gasteiger charge is 2.10. The van der Waals surface area contributed by atoms with Crippen LogP contribution < -0.4 is 5.73 Å². The fourth-order valence-electron chi connectivity index (χ4n) is 1.11. The molecule has 0 unspecified atom stereocenters. The van der Waals surface area contributed by atoms with E-state index in [0.717, 1.165) is 0 Å². The molecule has 2 aromatic rings. The highest BCUT2D eigenvalue weighted by molar-refractivity contribution is 6.33. The Morgan fingerprint density at radius 2 is 2.21 bits per heavy atom. The quantitative estimate of drug-likeness (QED) is 0.732. The van der Waals surface area contributed by atoms with Crippen LogP contribution in [-0.2, 0) is 0 Å². The minimum atomic E-state index is 0.389. The first kappa shape index (κ1) is 9.02. The molecule has 1 aromatic carbocycles. The van der Waals surface area contributed by atoms with Gasteiger partial charge in [0.05, 0.1) is 10.6 Å². The summed E-state index contributed by atoms with van der Waals surface area (Å²) in [5.41, 5.74) is 6.89. The van der Waals surface area contributed by atoms with E-state index in [1.165, 1.54) is 0 Å². The van der Waals surface area contributed by atoms with Crippen molar-refractivity contribution in [3.63, 3.8) is 0 Å². The van der Waals surface area contributed by atoms with Crippen molar-refractivity contribution >= 4 is 17.3 Å². The van der Waals surface area contributed by atoms with Crippen LogP contribution in [0.4, 0.5) is 5.69 Å². The number of aryl methyl sites for hydroxylation is 1. The summed E-state index contributed by atoms with van der Waals surface area (Å²) in [7, 11) is 0. The maximum absolute atomic E-state index is 5.96. The fraction of sp³-hybridized carbons (Fsp3) is 0.111. The minimum Gasteiger partial charge on any atom is -0.399 e. The van der Waals surface area contributed by atoms with Crippen molar-refractivity contribution in [2.75, 3.05) is 5.73 Å². The zero-order valence-electron chi connectivity index (χ0n) is 7.49. The number of nitrogens with zero attached hydrogens (tertiary/aromatic N) is 2. The summed E-state index contributed by atoms with van der Waals surface area (Å²) < 4.78 is 4.99. The van der Waals surface area contributed by atoms with E-state index in [1.54, 1.807) is 25.1 Å². The van der Waals surface area contributed by atoms with Gasteiger partial charge in [0.2, 0.25) is 0 Å². The lowest BCUT2D eigenvalue weighted by molar-refractivity contribution is 0.425. The Balaban J connectivity index is 2.55. The van der Waals surface area contributed by atoms with Crippen molar-refractivity contribution in [2.24, 2.45) is 0 Å². The summed E-state index contributed by atoms with van der Waals surface area (Å²) in [6.45, 7) is 1.74. The molecule has 1 aromatic heterocycles. The lowest BCUT2D eigenvalue weighted by Crippen LogP contribution is -1.86. The second-order valence-electron chi connectivity index (χ2n) is 2.89. The number of hydrogen-bond acceptors (Lipinski definition) is 4. The molecular weight excluding hydrogens is 202 g/mol. The van der Waals surface area contributed by atoms with E-state index >= 15 is 0 Å². The van der Waals surface area contributed by atoms with Crippen molar-refractivity contribution in [3.8, 4) is 11.5 Å². The standard InChI is InChI=1S/C9H8ClN3O/c1-5-12-9(14-13-5)7-4-6(11)2-3-8(7)10/h2-4H,11H2,1H3. The summed E-state index contributed by atoms with van der Waals surface area (Å²) in [5, 5.41) is 4.22. The molecule has 2 rings (SSSR count). The molecular formula is C9H8ClN3O. The van der Waals surface area contributed by atoms with E-state index in [2.05, 4.69) is 10.1 Å². The lowest BCUT2D eigenvalue weighted by Gasteiger charge is -1.99. The maximum atomic E-state index is 5.96. The fourth-order valence-corrected chi connectivity index (χ4v) is 1.31. The Bertz CT molecular complexity index is 467. The molecule has 0 bridgehead atoms. The first-order valence-corrected chi connectivity index (χ1v) is 4.40. The van der Waals surface area contributed by atoms with Crippen LogP contribution in [-0.4, -0.2) is 10.1 Å². The number of halogens is 1. The van der Waals surface area contributed by atoms with Gasteiger partial charge in [0.25, 0.3) is 5.89 Å². The molecule has 1 heterocycles. The summed E-state index contributed by atoms with van der Waals surface area (Å²) in [5.74, 6) is 0.957. The molecule has 0 fully saturated rings. The molecule has 0 spiro atoms. The van der Waals surface area contributed by atoms with Gasteiger partial charge in [-0.1, -0.05) is 16.8 Å². The largest absolute Gasteiger partial charge is 0.399 e. The average Bonchev–Trinajstić information content (AvgIpc) is 2.56. The topological polar surface area (TPSA) is 64.9 Å². The predicted octanol–water partition coefficient (Wildman–Crippen LogP) is 2.28. The van der Waals surface area contributed by atoms with Crippen LogP contribution in [0.25, 0.3) is 11.5 Å². The summed E-state index contributed by atoms with van der Waals surface area (Å²) in [6, 6.07) is 5.12. The van der Waals surface area contributed by atoms with Crippen molar-refractivity contribution in [1.82, 2.24) is 10.1 Å². The smallest absolute Gasteiger partial charge is 0.259 e. The molecule has 0 saturated heterocycles. The Morgan fingerprint density at radius 1 is 1.43 bits per heavy atom. The highest BCUT2D eigenvalue weighted by atomic mass is 35.5. The van der Waals surface area contributed by atoms with Crippen molar-refractivity contribution in [2.45, 2.75) is 6.92 Å². The molecule has 0 saturated carbocycles. The van der Waals surface area contributed by atoms with Crippen LogP contribution in [0.3, 0.4) is 0 Å². The lowest BCUT2D eigenvalue weighted by atomic mass is 10.2. The van der Waals surface area contributed by atoms with E-state index < -0.39 is 0 Å². The molecule has 5 heteroatoms. The molecule has 72 valence electrons. The Hall–Kier alpha value is -1.55. The number of nitrogens with two attached hydrogens (primary N) is 1. The van der Waals surface area contributed by atoms with Crippen LogP contribution in [0.5, 0.6) is 0 Å². The summed E-state index contributed by atoms with van der Waals surface area (Å²) in [6.07, 6.45) is 0. The van der Waals surface area contributed by atoms with Crippen LogP contribution in [0.2, 0.25) is 5.02 Å². The summed E-state index contributed by atoms with van der Waals surface area (Å²) in [4.78, 5) is 4.07. The molecule has 4 nitrogen and oxygen atoms in total. The van der Waals surface area contributed by atoms with Gasteiger partial charge in [-0.15, -0.1) is 0 Å². The van der Waals surface area contributed by atoms with Crippen LogP contribution >= 0.6 is 11.6 Å². The van der Waals surface area contributed by atoms with Gasteiger partial charge in [0.15, 0.2) is 5.82 Å². The Morgan fingerprint density at radius 3 is 2.86 bits per heavy atom. The molecule has 0 radical (unpaired) electrons. The van der Waals surface area contributed by atoms with Crippen LogP contribution in [0.15, 0.2) is 22.7 Å². The monoisotopic (exact) mass is 209 g/mol. The summed E-state index contributed by atoms with van der Waals surface area (Å²) >= 11 is 5.96. The van der Waals surface area contributed by atoms with Gasteiger partial charge in [0, 0.05) is 5.69 Å². The first-order chi connectivity index (χ1) is 6.66. The first-order valence-electron chi connectivity index (χ1n) is 4.02. The number of benzene rings is 1. The van der Waals surface area contributed by atoms with Gasteiger partial charge in [-0.25, -0.2) is 0 Å². The number of rotatable bonds is 1. The zero-order valence-corrected chi connectivity index (χ0v) is 8.25. The van der Waals surface area contributed by atoms with Crippen LogP contribution in [0.1, 0.15) is 5.82 Å². The third-order valence-corrected chi connectivity index (χ3v) is 2.08. The van der Waals surface area contributed by atoms with E-state index in [-0.39, 0.29) is 0 Å².